The van der Waals surface area contributed by atoms with E-state index in [2.05, 4.69) is 65.7 Å². The Bertz CT molecular complexity index is 1700. The monoisotopic (exact) mass is 474 g/mol. The Balaban J connectivity index is 1.49. The van der Waals surface area contributed by atoms with Crippen LogP contribution in [0.4, 0.5) is 5.69 Å². The highest BCUT2D eigenvalue weighted by Gasteiger charge is 2.73. The Kier molecular flexibility index (Phi) is 4.42. The fraction of sp³-hybridized carbons (Fsp3) is 0.345. The highest BCUT2D eigenvalue weighted by Crippen LogP contribution is 2.70. The summed E-state index contributed by atoms with van der Waals surface area (Å²) in [5.74, 6) is -0.142. The van der Waals surface area contributed by atoms with E-state index in [1.807, 2.05) is 36.4 Å². The average molecular weight is 475 g/mol. The van der Waals surface area contributed by atoms with Gasteiger partial charge in [-0.15, -0.1) is 0 Å². The maximum absolute atomic E-state index is 14.2. The number of amides is 1. The molecule has 1 fully saturated rings. The van der Waals surface area contributed by atoms with E-state index in [-0.39, 0.29) is 17.3 Å². The summed E-state index contributed by atoms with van der Waals surface area (Å²) in [5, 5.41) is 24.6. The third kappa shape index (κ3) is 2.43. The Labute approximate surface area is 209 Å². The summed E-state index contributed by atoms with van der Waals surface area (Å²) in [6, 6.07) is 18.4. The molecule has 1 saturated carbocycles. The summed E-state index contributed by atoms with van der Waals surface area (Å²) in [5.41, 5.74) is 2.35. The normalized spacial score (nSPS) is 23.4. The summed E-state index contributed by atoms with van der Waals surface area (Å²) in [7, 11) is 0. The van der Waals surface area contributed by atoms with Crippen molar-refractivity contribution in [2.45, 2.75) is 57.9 Å². The molecule has 2 aromatic heterocycles. The molecule has 0 saturated heterocycles. The van der Waals surface area contributed by atoms with Crippen LogP contribution in [0, 0.1) is 28.1 Å². The number of aryl methyl sites for hydroxylation is 1. The predicted molar refractivity (Wildman–Crippen MR) is 137 cm³/mol. The van der Waals surface area contributed by atoms with Gasteiger partial charge in [0.15, 0.2) is 11.4 Å². The van der Waals surface area contributed by atoms with Crippen LogP contribution in [0.2, 0.25) is 0 Å². The van der Waals surface area contributed by atoms with Crippen molar-refractivity contribution in [3.63, 3.8) is 0 Å². The van der Waals surface area contributed by atoms with E-state index in [0.29, 0.717) is 17.8 Å². The largest absolute Gasteiger partial charge is 0.341 e. The molecule has 2 heterocycles. The lowest BCUT2D eigenvalue weighted by molar-refractivity contribution is -0.125. The molecular formula is C29H26N6O. The average Bonchev–Trinajstić information content (AvgIpc) is 3.37. The first-order chi connectivity index (χ1) is 17.2. The van der Waals surface area contributed by atoms with Crippen molar-refractivity contribution >= 4 is 33.4 Å². The molecule has 7 heteroatoms. The van der Waals surface area contributed by atoms with Crippen LogP contribution in [0.1, 0.15) is 63.3 Å². The fourth-order valence-corrected chi connectivity index (χ4v) is 6.85. The number of carbonyl (C=O) groups is 1. The Morgan fingerprint density at radius 2 is 1.64 bits per heavy atom. The molecule has 178 valence electrons. The molecule has 2 aromatic carbocycles. The second-order valence-corrected chi connectivity index (χ2v) is 10.7. The van der Waals surface area contributed by atoms with E-state index < -0.39 is 16.2 Å². The summed E-state index contributed by atoms with van der Waals surface area (Å²) in [4.78, 5) is 23.4. The smallest absolute Gasteiger partial charge is 0.237 e. The van der Waals surface area contributed by atoms with E-state index in [9.17, 15) is 15.3 Å². The first kappa shape index (κ1) is 22.2. The summed E-state index contributed by atoms with van der Waals surface area (Å²) >= 11 is 0. The zero-order chi connectivity index (χ0) is 25.5. The number of anilines is 1. The second kappa shape index (κ2) is 7.15. The summed E-state index contributed by atoms with van der Waals surface area (Å²) in [6.45, 7) is 9.25. The molecule has 1 amide bonds. The fourth-order valence-electron chi connectivity index (χ4n) is 6.85. The Morgan fingerprint density at radius 1 is 0.972 bits per heavy atom. The van der Waals surface area contributed by atoms with E-state index in [0.717, 1.165) is 34.9 Å². The number of para-hydroxylation sites is 1. The van der Waals surface area contributed by atoms with Gasteiger partial charge in [-0.05, 0) is 49.4 Å². The molecule has 2 aliphatic rings. The number of nitrogens with one attached hydrogen (secondary N) is 1. The number of carbonyl (C=O) groups excluding carboxylic acids is 1. The van der Waals surface area contributed by atoms with Crippen LogP contribution in [0.15, 0.2) is 42.5 Å². The third-order valence-corrected chi connectivity index (χ3v) is 9.21. The number of nitrogens with zero attached hydrogens (tertiary/aromatic N) is 5. The third-order valence-electron chi connectivity index (χ3n) is 9.21. The van der Waals surface area contributed by atoms with Gasteiger partial charge >= 0.3 is 0 Å². The van der Waals surface area contributed by atoms with Crippen molar-refractivity contribution in [3.05, 3.63) is 65.2 Å². The minimum Gasteiger partial charge on any atom is -0.341 e. The predicted octanol–water partition coefficient (Wildman–Crippen LogP) is 5.32. The van der Waals surface area contributed by atoms with Crippen LogP contribution < -0.4 is 5.32 Å². The van der Waals surface area contributed by atoms with Crippen molar-refractivity contribution in [1.29, 1.82) is 10.5 Å². The van der Waals surface area contributed by atoms with E-state index in [1.54, 1.807) is 0 Å². The number of aromatic nitrogens is 3. The standard InChI is InChI=1S/C29H26N6O/c1-5-35-22-9-7-6-8-18(22)19-14-17(10-11-23(19)35)32-26(36)29-13-12-28(4,27(29,2)3)24-25(29)34-21(16-31)20(15-30)33-24/h6-11,14H,5,12-13H2,1-4H3,(H,32,36). The quantitative estimate of drug-likeness (QED) is 0.433. The Morgan fingerprint density at radius 3 is 2.33 bits per heavy atom. The molecule has 2 atom stereocenters. The van der Waals surface area contributed by atoms with Gasteiger partial charge < -0.3 is 9.88 Å². The second-order valence-electron chi connectivity index (χ2n) is 10.7. The van der Waals surface area contributed by atoms with Gasteiger partial charge in [-0.1, -0.05) is 39.0 Å². The molecular weight excluding hydrogens is 448 g/mol. The van der Waals surface area contributed by atoms with E-state index in [1.165, 1.54) is 5.52 Å². The molecule has 6 rings (SSSR count). The molecule has 0 aliphatic heterocycles. The topological polar surface area (TPSA) is 107 Å². The number of hydrogen-bond acceptors (Lipinski definition) is 5. The van der Waals surface area contributed by atoms with Crippen molar-refractivity contribution in [1.82, 2.24) is 14.5 Å². The molecule has 7 nitrogen and oxygen atoms in total. The summed E-state index contributed by atoms with van der Waals surface area (Å²) in [6.07, 6.45) is 1.37. The number of rotatable bonds is 3. The molecule has 4 aromatic rings. The van der Waals surface area contributed by atoms with Crippen LogP contribution in [0.5, 0.6) is 0 Å². The van der Waals surface area contributed by atoms with Crippen LogP contribution in [-0.2, 0) is 22.2 Å². The highest BCUT2D eigenvalue weighted by molar-refractivity contribution is 6.10. The van der Waals surface area contributed by atoms with Crippen LogP contribution in [0.3, 0.4) is 0 Å². The molecule has 0 spiro atoms. The maximum atomic E-state index is 14.2. The lowest BCUT2D eigenvalue weighted by Gasteiger charge is -2.39. The van der Waals surface area contributed by atoms with Crippen LogP contribution in [0.25, 0.3) is 21.8 Å². The molecule has 2 aliphatic carbocycles. The minimum atomic E-state index is -0.948. The number of hydrogen-bond donors (Lipinski definition) is 1. The van der Waals surface area contributed by atoms with Gasteiger partial charge in [0.2, 0.25) is 5.91 Å². The maximum Gasteiger partial charge on any atom is 0.237 e. The van der Waals surface area contributed by atoms with E-state index in [4.69, 9.17) is 0 Å². The molecule has 2 unspecified atom stereocenters. The first-order valence-corrected chi connectivity index (χ1v) is 12.3. The first-order valence-electron chi connectivity index (χ1n) is 12.3. The van der Waals surface area contributed by atoms with E-state index >= 15 is 0 Å². The number of benzene rings is 2. The van der Waals surface area contributed by atoms with Gasteiger partial charge in [0.05, 0.1) is 16.8 Å². The zero-order valence-corrected chi connectivity index (χ0v) is 20.8. The van der Waals surface area contributed by atoms with Gasteiger partial charge in [0.25, 0.3) is 0 Å². The Hall–Kier alpha value is -4.23. The van der Waals surface area contributed by atoms with Gasteiger partial charge in [-0.2, -0.15) is 10.5 Å². The van der Waals surface area contributed by atoms with Crippen molar-refractivity contribution in [2.75, 3.05) is 5.32 Å². The van der Waals surface area contributed by atoms with Crippen molar-refractivity contribution < 1.29 is 4.79 Å². The molecule has 0 radical (unpaired) electrons. The lowest BCUT2D eigenvalue weighted by Crippen LogP contribution is -2.48. The van der Waals surface area contributed by atoms with Crippen LogP contribution in [-0.4, -0.2) is 20.4 Å². The van der Waals surface area contributed by atoms with Crippen molar-refractivity contribution in [2.24, 2.45) is 5.41 Å². The van der Waals surface area contributed by atoms with Gasteiger partial charge in [0, 0.05) is 39.5 Å². The number of nitriles is 2. The summed E-state index contributed by atoms with van der Waals surface area (Å²) < 4.78 is 2.28. The highest BCUT2D eigenvalue weighted by atomic mass is 16.2. The molecule has 2 bridgehead atoms. The lowest BCUT2D eigenvalue weighted by atomic mass is 9.63. The SMILES string of the molecule is CCn1c2ccccc2c2cc(NC(=O)C34CCC(C)(c5nc(C#N)c(C#N)nc53)C4(C)C)ccc21. The van der Waals surface area contributed by atoms with Gasteiger partial charge in [0.1, 0.15) is 12.1 Å². The van der Waals surface area contributed by atoms with Crippen LogP contribution >= 0.6 is 0 Å². The molecule has 36 heavy (non-hydrogen) atoms. The minimum absolute atomic E-state index is 0.0224. The number of fused-ring (bicyclic) bond motifs is 8. The molecule has 1 N–H and O–H groups in total. The zero-order valence-electron chi connectivity index (χ0n) is 20.8. The van der Waals surface area contributed by atoms with Crippen molar-refractivity contribution in [3.8, 4) is 12.1 Å². The van der Waals surface area contributed by atoms with Gasteiger partial charge in [-0.3, -0.25) is 4.79 Å². The van der Waals surface area contributed by atoms with Gasteiger partial charge in [-0.25, -0.2) is 9.97 Å².